The molecule has 0 saturated carbocycles. The molecule has 0 spiro atoms. The number of anilines is 1. The van der Waals surface area contributed by atoms with E-state index in [0.717, 1.165) is 30.9 Å². The molecule has 0 radical (unpaired) electrons. The number of pyridine rings is 1. The van der Waals surface area contributed by atoms with Gasteiger partial charge in [0.15, 0.2) is 0 Å². The van der Waals surface area contributed by atoms with Gasteiger partial charge in [-0.2, -0.15) is 5.10 Å². The van der Waals surface area contributed by atoms with Crippen molar-refractivity contribution in [3.05, 3.63) is 36.2 Å². The minimum absolute atomic E-state index is 0.914. The minimum atomic E-state index is 0.914. The van der Waals surface area contributed by atoms with Crippen LogP contribution < -0.4 is 5.32 Å². The maximum Gasteiger partial charge on any atom is 0.137 e. The molecule has 2 aromatic heterocycles. The Labute approximate surface area is 94.3 Å². The molecule has 2 N–H and O–H groups in total. The highest BCUT2D eigenvalue weighted by molar-refractivity contribution is 5.48. The summed E-state index contributed by atoms with van der Waals surface area (Å²) < 4.78 is 0. The van der Waals surface area contributed by atoms with Crippen LogP contribution in [0.4, 0.5) is 5.69 Å². The monoisotopic (exact) mass is 217 g/mol. The largest absolute Gasteiger partial charge is 0.385 e. The summed E-state index contributed by atoms with van der Waals surface area (Å²) >= 11 is 0. The first-order chi connectivity index (χ1) is 7.86. The fourth-order valence-electron chi connectivity index (χ4n) is 1.50. The van der Waals surface area contributed by atoms with Crippen molar-refractivity contribution >= 4 is 5.69 Å². The van der Waals surface area contributed by atoms with Crippen LogP contribution >= 0.6 is 0 Å². The van der Waals surface area contributed by atoms with Crippen molar-refractivity contribution in [1.29, 1.82) is 0 Å². The number of nitrogens with one attached hydrogen (secondary N) is 2. The highest BCUT2D eigenvalue weighted by atomic mass is 15.2. The Kier molecular flexibility index (Phi) is 3.48. The van der Waals surface area contributed by atoms with Crippen LogP contribution in [0.2, 0.25) is 0 Å². The third kappa shape index (κ3) is 2.79. The number of aryl methyl sites for hydroxylation is 2. The van der Waals surface area contributed by atoms with Gasteiger partial charge in [-0.15, -0.1) is 0 Å². The molecule has 0 saturated heterocycles. The normalized spacial score (nSPS) is 10.3. The van der Waals surface area contributed by atoms with Crippen LogP contribution in [0.1, 0.15) is 17.8 Å². The van der Waals surface area contributed by atoms with Crippen molar-refractivity contribution in [2.75, 3.05) is 11.9 Å². The van der Waals surface area contributed by atoms with Crippen molar-refractivity contribution in [2.45, 2.75) is 19.8 Å². The van der Waals surface area contributed by atoms with Crippen LogP contribution in [-0.2, 0) is 6.42 Å². The van der Waals surface area contributed by atoms with Crippen molar-refractivity contribution < 1.29 is 0 Å². The van der Waals surface area contributed by atoms with E-state index in [9.17, 15) is 0 Å². The molecule has 0 aliphatic carbocycles. The summed E-state index contributed by atoms with van der Waals surface area (Å²) in [6.45, 7) is 2.97. The van der Waals surface area contributed by atoms with Crippen molar-refractivity contribution in [3.8, 4) is 0 Å². The zero-order valence-electron chi connectivity index (χ0n) is 9.27. The fourth-order valence-corrected chi connectivity index (χ4v) is 1.50. The molecule has 0 aliphatic heterocycles. The van der Waals surface area contributed by atoms with Gasteiger partial charge in [0.05, 0.1) is 0 Å². The third-order valence-corrected chi connectivity index (χ3v) is 2.39. The number of aromatic amines is 1. The number of rotatable bonds is 5. The second-order valence-corrected chi connectivity index (χ2v) is 3.65. The van der Waals surface area contributed by atoms with Crippen LogP contribution in [-0.4, -0.2) is 26.7 Å². The maximum atomic E-state index is 4.07. The number of H-pyrrole nitrogens is 1. The van der Waals surface area contributed by atoms with E-state index in [1.165, 1.54) is 11.9 Å². The predicted molar refractivity (Wildman–Crippen MR) is 62.2 cm³/mol. The van der Waals surface area contributed by atoms with E-state index in [-0.39, 0.29) is 0 Å². The average molecular weight is 217 g/mol. The van der Waals surface area contributed by atoms with E-state index in [2.05, 4.69) is 25.5 Å². The van der Waals surface area contributed by atoms with E-state index >= 15 is 0 Å². The Hall–Kier alpha value is -1.91. The number of hydrogen-bond acceptors (Lipinski definition) is 4. The lowest BCUT2D eigenvalue weighted by molar-refractivity contribution is 0.805. The molecule has 16 heavy (non-hydrogen) atoms. The van der Waals surface area contributed by atoms with Gasteiger partial charge in [0.25, 0.3) is 0 Å². The van der Waals surface area contributed by atoms with Gasteiger partial charge in [-0.3, -0.25) is 10.1 Å². The van der Waals surface area contributed by atoms with Gasteiger partial charge in [-0.1, -0.05) is 0 Å². The van der Waals surface area contributed by atoms with Gasteiger partial charge in [-0.05, 0) is 25.0 Å². The molecule has 2 rings (SSSR count). The standard InChI is InChI=1S/C11H15N5/c1-9-7-12-6-4-10(9)13-5-2-3-11-14-8-15-16-11/h4,6-8H,2-3,5H2,1H3,(H,12,13)(H,14,15,16). The minimum Gasteiger partial charge on any atom is -0.385 e. The average Bonchev–Trinajstić information content (AvgIpc) is 2.79. The summed E-state index contributed by atoms with van der Waals surface area (Å²) in [6.07, 6.45) is 7.13. The zero-order valence-corrected chi connectivity index (χ0v) is 9.27. The van der Waals surface area contributed by atoms with Gasteiger partial charge < -0.3 is 5.32 Å². The number of aromatic nitrogens is 4. The first kappa shape index (κ1) is 10.6. The van der Waals surface area contributed by atoms with Gasteiger partial charge in [-0.25, -0.2) is 4.98 Å². The van der Waals surface area contributed by atoms with Gasteiger partial charge >= 0.3 is 0 Å². The highest BCUT2D eigenvalue weighted by Gasteiger charge is 1.97. The van der Waals surface area contributed by atoms with Gasteiger partial charge in [0, 0.05) is 31.0 Å². The number of hydrogen-bond donors (Lipinski definition) is 2. The first-order valence-corrected chi connectivity index (χ1v) is 5.35. The lowest BCUT2D eigenvalue weighted by Crippen LogP contribution is -2.05. The summed E-state index contributed by atoms with van der Waals surface area (Å²) in [6, 6.07) is 1.99. The lowest BCUT2D eigenvalue weighted by Gasteiger charge is -2.07. The van der Waals surface area contributed by atoms with Gasteiger partial charge in [0.2, 0.25) is 0 Å². The summed E-state index contributed by atoms with van der Waals surface area (Å²) in [7, 11) is 0. The van der Waals surface area contributed by atoms with Crippen LogP contribution in [0.3, 0.4) is 0 Å². The SMILES string of the molecule is Cc1cnccc1NCCCc1ncn[nH]1. The molecule has 2 heterocycles. The van der Waals surface area contributed by atoms with E-state index < -0.39 is 0 Å². The number of nitrogens with zero attached hydrogens (tertiary/aromatic N) is 3. The molecule has 0 atom stereocenters. The van der Waals surface area contributed by atoms with Crippen molar-refractivity contribution in [1.82, 2.24) is 20.2 Å². The summed E-state index contributed by atoms with van der Waals surface area (Å²) in [4.78, 5) is 8.12. The highest BCUT2D eigenvalue weighted by Crippen LogP contribution is 2.11. The second kappa shape index (κ2) is 5.25. The van der Waals surface area contributed by atoms with E-state index in [0.29, 0.717) is 0 Å². The first-order valence-electron chi connectivity index (χ1n) is 5.35. The lowest BCUT2D eigenvalue weighted by atomic mass is 10.2. The third-order valence-electron chi connectivity index (χ3n) is 2.39. The van der Waals surface area contributed by atoms with Crippen LogP contribution in [0.25, 0.3) is 0 Å². The van der Waals surface area contributed by atoms with E-state index in [1.54, 1.807) is 6.20 Å². The van der Waals surface area contributed by atoms with Gasteiger partial charge in [0.1, 0.15) is 12.2 Å². The second-order valence-electron chi connectivity index (χ2n) is 3.65. The zero-order chi connectivity index (χ0) is 11.2. The Balaban J connectivity index is 1.74. The smallest absolute Gasteiger partial charge is 0.137 e. The van der Waals surface area contributed by atoms with Crippen LogP contribution in [0.5, 0.6) is 0 Å². The summed E-state index contributed by atoms with van der Waals surface area (Å²) in [5, 5.41) is 10.0. The molecular weight excluding hydrogens is 202 g/mol. The molecule has 0 aromatic carbocycles. The maximum absolute atomic E-state index is 4.07. The quantitative estimate of drug-likeness (QED) is 0.746. The molecule has 2 aromatic rings. The van der Waals surface area contributed by atoms with E-state index in [1.807, 2.05) is 19.2 Å². The molecule has 0 aliphatic rings. The summed E-state index contributed by atoms with van der Waals surface area (Å²) in [5.41, 5.74) is 2.31. The Morgan fingerprint density at radius 2 is 2.38 bits per heavy atom. The molecule has 0 amide bonds. The Morgan fingerprint density at radius 1 is 1.44 bits per heavy atom. The predicted octanol–water partition coefficient (Wildman–Crippen LogP) is 1.55. The Bertz CT molecular complexity index is 424. The molecule has 0 unspecified atom stereocenters. The molecule has 84 valence electrons. The summed E-state index contributed by atoms with van der Waals surface area (Å²) in [5.74, 6) is 0.938. The Morgan fingerprint density at radius 3 is 3.12 bits per heavy atom. The van der Waals surface area contributed by atoms with E-state index in [4.69, 9.17) is 0 Å². The molecule has 0 fully saturated rings. The van der Waals surface area contributed by atoms with Crippen LogP contribution in [0, 0.1) is 6.92 Å². The molecule has 5 heteroatoms. The van der Waals surface area contributed by atoms with Crippen molar-refractivity contribution in [3.63, 3.8) is 0 Å². The topological polar surface area (TPSA) is 66.5 Å². The molecule has 5 nitrogen and oxygen atoms in total. The molecule has 0 bridgehead atoms. The van der Waals surface area contributed by atoms with Crippen LogP contribution in [0.15, 0.2) is 24.8 Å². The fraction of sp³-hybridized carbons (Fsp3) is 0.364. The molecular formula is C11H15N5. The van der Waals surface area contributed by atoms with Crippen molar-refractivity contribution in [2.24, 2.45) is 0 Å².